The van der Waals surface area contributed by atoms with Crippen molar-refractivity contribution in [3.05, 3.63) is 29.5 Å². The summed E-state index contributed by atoms with van der Waals surface area (Å²) in [7, 11) is 0. The largest absolute Gasteiger partial charge is 0.489 e. The third-order valence-corrected chi connectivity index (χ3v) is 3.27. The molecule has 0 fully saturated rings. The number of rotatable bonds is 0. The summed E-state index contributed by atoms with van der Waals surface area (Å²) in [5, 5.41) is 10.4. The van der Waals surface area contributed by atoms with Crippen molar-refractivity contribution < 1.29 is 4.74 Å². The molecule has 0 bridgehead atoms. The van der Waals surface area contributed by atoms with Gasteiger partial charge in [0.25, 0.3) is 0 Å². The Morgan fingerprint density at radius 1 is 1.50 bits per heavy atom. The van der Waals surface area contributed by atoms with Gasteiger partial charge in [0.1, 0.15) is 24.1 Å². The molecule has 0 aliphatic carbocycles. The molecular formula is C13H12N2O. The summed E-state index contributed by atoms with van der Waals surface area (Å²) >= 11 is 0. The first-order valence-corrected chi connectivity index (χ1v) is 5.40. The summed E-state index contributed by atoms with van der Waals surface area (Å²) < 4.78 is 7.79. The van der Waals surface area contributed by atoms with Gasteiger partial charge in [-0.05, 0) is 25.5 Å². The number of nitrogens with zero attached hydrogens (tertiary/aromatic N) is 2. The van der Waals surface area contributed by atoms with Crippen LogP contribution >= 0.6 is 0 Å². The molecule has 1 aliphatic rings. The molecule has 80 valence electrons. The van der Waals surface area contributed by atoms with Crippen LogP contribution < -0.4 is 4.74 Å². The predicted molar refractivity (Wildman–Crippen MR) is 61.6 cm³/mol. The fourth-order valence-electron chi connectivity index (χ4n) is 2.47. The van der Waals surface area contributed by atoms with Crippen LogP contribution in [-0.4, -0.2) is 11.2 Å². The molecule has 2 heterocycles. The molecule has 0 saturated heterocycles. The number of nitriles is 1. The van der Waals surface area contributed by atoms with E-state index < -0.39 is 0 Å². The van der Waals surface area contributed by atoms with E-state index in [0.29, 0.717) is 6.61 Å². The summed E-state index contributed by atoms with van der Waals surface area (Å²) in [6.45, 7) is 4.71. The van der Waals surface area contributed by atoms with Crippen LogP contribution in [0.25, 0.3) is 10.9 Å². The van der Waals surface area contributed by atoms with Gasteiger partial charge in [-0.25, -0.2) is 0 Å². The Bertz CT molecular complexity index is 619. The van der Waals surface area contributed by atoms with E-state index in [0.717, 1.165) is 27.9 Å². The van der Waals surface area contributed by atoms with E-state index in [9.17, 15) is 5.26 Å². The van der Waals surface area contributed by atoms with Crippen LogP contribution in [0.1, 0.15) is 24.2 Å². The van der Waals surface area contributed by atoms with E-state index in [-0.39, 0.29) is 6.04 Å². The minimum atomic E-state index is 0.223. The first-order valence-electron chi connectivity index (χ1n) is 5.40. The SMILES string of the molecule is Cc1c(C#N)n2c3c(cccc13)OCC2C. The van der Waals surface area contributed by atoms with Crippen LogP contribution in [0.2, 0.25) is 0 Å². The molecular weight excluding hydrogens is 200 g/mol. The minimum Gasteiger partial charge on any atom is -0.489 e. The Balaban J connectivity index is 2.54. The van der Waals surface area contributed by atoms with Gasteiger partial charge in [0.05, 0.1) is 11.6 Å². The zero-order valence-corrected chi connectivity index (χ0v) is 9.32. The van der Waals surface area contributed by atoms with Crippen LogP contribution in [0, 0.1) is 18.3 Å². The van der Waals surface area contributed by atoms with Gasteiger partial charge in [-0.3, -0.25) is 0 Å². The fourth-order valence-corrected chi connectivity index (χ4v) is 2.47. The number of aromatic nitrogens is 1. The first kappa shape index (κ1) is 9.29. The van der Waals surface area contributed by atoms with Crippen molar-refractivity contribution in [1.82, 2.24) is 4.57 Å². The smallest absolute Gasteiger partial charge is 0.143 e. The number of ether oxygens (including phenoxy) is 1. The Morgan fingerprint density at radius 3 is 3.06 bits per heavy atom. The van der Waals surface area contributed by atoms with E-state index in [1.807, 2.05) is 25.1 Å². The number of para-hydroxylation sites is 1. The molecule has 2 aromatic rings. The second-order valence-electron chi connectivity index (χ2n) is 4.27. The number of hydrogen-bond acceptors (Lipinski definition) is 2. The van der Waals surface area contributed by atoms with Crippen molar-refractivity contribution in [2.75, 3.05) is 6.61 Å². The standard InChI is InChI=1S/C13H12N2O/c1-8-7-16-12-5-3-4-10-9(2)11(6-14)15(8)13(10)12/h3-5,8H,7H2,1-2H3. The Labute approximate surface area is 93.9 Å². The van der Waals surface area contributed by atoms with Crippen molar-refractivity contribution in [2.24, 2.45) is 0 Å². The van der Waals surface area contributed by atoms with Crippen LogP contribution in [0.3, 0.4) is 0 Å². The third kappa shape index (κ3) is 0.965. The molecule has 1 atom stereocenters. The molecule has 3 nitrogen and oxygen atoms in total. The Kier molecular flexibility index (Phi) is 1.75. The van der Waals surface area contributed by atoms with Gasteiger partial charge in [0.2, 0.25) is 0 Å². The average Bonchev–Trinajstić information content (AvgIpc) is 2.60. The van der Waals surface area contributed by atoms with Crippen LogP contribution in [0.4, 0.5) is 0 Å². The van der Waals surface area contributed by atoms with Crippen molar-refractivity contribution in [2.45, 2.75) is 19.9 Å². The highest BCUT2D eigenvalue weighted by Gasteiger charge is 2.24. The lowest BCUT2D eigenvalue weighted by Gasteiger charge is -2.23. The molecule has 16 heavy (non-hydrogen) atoms. The lowest BCUT2D eigenvalue weighted by molar-refractivity contribution is 0.247. The molecule has 1 aliphatic heterocycles. The highest BCUT2D eigenvalue weighted by molar-refractivity contribution is 5.91. The maximum atomic E-state index is 9.25. The number of benzene rings is 1. The van der Waals surface area contributed by atoms with Gasteiger partial charge < -0.3 is 9.30 Å². The zero-order valence-electron chi connectivity index (χ0n) is 9.32. The summed E-state index contributed by atoms with van der Waals surface area (Å²) in [6, 6.07) is 8.52. The Morgan fingerprint density at radius 2 is 2.31 bits per heavy atom. The van der Waals surface area contributed by atoms with Crippen molar-refractivity contribution in [1.29, 1.82) is 5.26 Å². The lowest BCUT2D eigenvalue weighted by Crippen LogP contribution is -2.20. The average molecular weight is 212 g/mol. The van der Waals surface area contributed by atoms with E-state index in [1.54, 1.807) is 0 Å². The Hall–Kier alpha value is -1.95. The zero-order chi connectivity index (χ0) is 11.3. The van der Waals surface area contributed by atoms with Gasteiger partial charge in [-0.1, -0.05) is 12.1 Å². The van der Waals surface area contributed by atoms with Crippen molar-refractivity contribution in [3.8, 4) is 11.8 Å². The van der Waals surface area contributed by atoms with Gasteiger partial charge in [-0.2, -0.15) is 5.26 Å². The quantitative estimate of drug-likeness (QED) is 0.673. The lowest BCUT2D eigenvalue weighted by atomic mass is 10.1. The second-order valence-corrected chi connectivity index (χ2v) is 4.27. The molecule has 0 spiro atoms. The fraction of sp³-hybridized carbons (Fsp3) is 0.308. The molecule has 1 unspecified atom stereocenters. The normalized spacial score (nSPS) is 18.2. The molecule has 0 N–H and O–H groups in total. The number of aryl methyl sites for hydroxylation is 1. The maximum Gasteiger partial charge on any atom is 0.143 e. The van der Waals surface area contributed by atoms with Gasteiger partial charge in [-0.15, -0.1) is 0 Å². The highest BCUT2D eigenvalue weighted by atomic mass is 16.5. The summed E-state index contributed by atoms with van der Waals surface area (Å²) in [4.78, 5) is 0. The summed E-state index contributed by atoms with van der Waals surface area (Å²) in [5.74, 6) is 0.889. The number of hydrogen-bond donors (Lipinski definition) is 0. The maximum absolute atomic E-state index is 9.25. The van der Waals surface area contributed by atoms with Crippen LogP contribution in [0.5, 0.6) is 5.75 Å². The molecule has 3 rings (SSSR count). The topological polar surface area (TPSA) is 38.0 Å². The monoisotopic (exact) mass is 212 g/mol. The predicted octanol–water partition coefficient (Wildman–Crippen LogP) is 2.77. The molecule has 3 heteroatoms. The molecule has 0 radical (unpaired) electrons. The molecule has 1 aromatic carbocycles. The van der Waals surface area contributed by atoms with E-state index in [1.165, 1.54) is 0 Å². The molecule has 0 amide bonds. The highest BCUT2D eigenvalue weighted by Crippen LogP contribution is 2.37. The van der Waals surface area contributed by atoms with E-state index in [2.05, 4.69) is 17.6 Å². The molecule has 0 saturated carbocycles. The van der Waals surface area contributed by atoms with Gasteiger partial charge in [0, 0.05) is 5.39 Å². The molecule has 1 aromatic heterocycles. The van der Waals surface area contributed by atoms with Crippen LogP contribution in [0.15, 0.2) is 18.2 Å². The third-order valence-electron chi connectivity index (χ3n) is 3.27. The summed E-state index contributed by atoms with van der Waals surface area (Å²) in [5.41, 5.74) is 2.88. The van der Waals surface area contributed by atoms with E-state index >= 15 is 0 Å². The van der Waals surface area contributed by atoms with Crippen molar-refractivity contribution in [3.63, 3.8) is 0 Å². The first-order chi connectivity index (χ1) is 7.74. The van der Waals surface area contributed by atoms with Crippen LogP contribution in [-0.2, 0) is 0 Å². The van der Waals surface area contributed by atoms with Crippen molar-refractivity contribution >= 4 is 10.9 Å². The minimum absolute atomic E-state index is 0.223. The second kappa shape index (κ2) is 3.02. The van der Waals surface area contributed by atoms with Gasteiger partial charge in [0.15, 0.2) is 0 Å². The summed E-state index contributed by atoms with van der Waals surface area (Å²) in [6.07, 6.45) is 0. The van der Waals surface area contributed by atoms with Gasteiger partial charge >= 0.3 is 0 Å². The van der Waals surface area contributed by atoms with E-state index in [4.69, 9.17) is 4.74 Å².